The Kier molecular flexibility index (Phi) is 4.13. The Morgan fingerprint density at radius 2 is 2.00 bits per heavy atom. The Labute approximate surface area is 149 Å². The second kappa shape index (κ2) is 5.90. The molecule has 0 radical (unpaired) electrons. The molecular formula is C20H26N2O3. The van der Waals surface area contributed by atoms with Crippen LogP contribution in [0.15, 0.2) is 24.3 Å². The van der Waals surface area contributed by atoms with E-state index < -0.39 is 11.0 Å². The summed E-state index contributed by atoms with van der Waals surface area (Å²) < 4.78 is 5.44. The molecule has 0 saturated heterocycles. The zero-order chi connectivity index (χ0) is 18.4. The maximum atomic E-state index is 12.3. The van der Waals surface area contributed by atoms with Crippen molar-refractivity contribution in [3.8, 4) is 0 Å². The van der Waals surface area contributed by atoms with Gasteiger partial charge >= 0.3 is 6.09 Å². The van der Waals surface area contributed by atoms with Gasteiger partial charge in [0.25, 0.3) is 0 Å². The predicted molar refractivity (Wildman–Crippen MR) is 98.5 cm³/mol. The molecule has 0 unspecified atom stereocenters. The van der Waals surface area contributed by atoms with Crippen LogP contribution in [0.25, 0.3) is 5.57 Å². The van der Waals surface area contributed by atoms with E-state index in [9.17, 15) is 9.59 Å². The highest BCUT2D eigenvalue weighted by Gasteiger charge is 2.40. The van der Waals surface area contributed by atoms with E-state index in [2.05, 4.69) is 17.5 Å². The van der Waals surface area contributed by atoms with Gasteiger partial charge in [0, 0.05) is 18.8 Å². The van der Waals surface area contributed by atoms with Gasteiger partial charge in [-0.1, -0.05) is 18.2 Å². The summed E-state index contributed by atoms with van der Waals surface area (Å²) in [5.41, 5.74) is 3.19. The summed E-state index contributed by atoms with van der Waals surface area (Å²) >= 11 is 0. The van der Waals surface area contributed by atoms with Gasteiger partial charge in [0.15, 0.2) is 0 Å². The van der Waals surface area contributed by atoms with Gasteiger partial charge in [-0.15, -0.1) is 0 Å². The Morgan fingerprint density at radius 1 is 1.28 bits per heavy atom. The number of nitrogens with one attached hydrogen (secondary N) is 1. The molecule has 0 aromatic heterocycles. The summed E-state index contributed by atoms with van der Waals surface area (Å²) in [7, 11) is 0. The van der Waals surface area contributed by atoms with E-state index in [1.54, 1.807) is 4.90 Å². The topological polar surface area (TPSA) is 58.6 Å². The molecule has 0 saturated carbocycles. The molecule has 1 aromatic rings. The number of ether oxygens (including phenoxy) is 1. The van der Waals surface area contributed by atoms with Crippen molar-refractivity contribution in [1.29, 1.82) is 0 Å². The highest BCUT2D eigenvalue weighted by Crippen LogP contribution is 2.42. The fraction of sp³-hybridized carbons (Fsp3) is 0.500. The van der Waals surface area contributed by atoms with E-state index in [1.807, 2.05) is 46.8 Å². The first-order valence-corrected chi connectivity index (χ1v) is 8.72. The zero-order valence-electron chi connectivity index (χ0n) is 15.6. The first-order chi connectivity index (χ1) is 11.6. The molecule has 0 aliphatic carbocycles. The summed E-state index contributed by atoms with van der Waals surface area (Å²) in [4.78, 5) is 26.2. The summed E-state index contributed by atoms with van der Waals surface area (Å²) in [5, 5.41) is 2.97. The maximum Gasteiger partial charge on any atom is 0.410 e. The van der Waals surface area contributed by atoms with Crippen molar-refractivity contribution >= 4 is 23.3 Å². The number of carbonyl (C=O) groups excluding carboxylic acids is 2. The number of hydrogen-bond donors (Lipinski definition) is 1. The summed E-state index contributed by atoms with van der Waals surface area (Å²) in [6.45, 7) is 10.7. The molecule has 2 aliphatic heterocycles. The van der Waals surface area contributed by atoms with Crippen LogP contribution in [0.1, 0.15) is 52.2 Å². The highest BCUT2D eigenvalue weighted by atomic mass is 16.6. The van der Waals surface area contributed by atoms with Gasteiger partial charge in [0.05, 0.1) is 5.41 Å². The molecule has 2 aliphatic rings. The van der Waals surface area contributed by atoms with Gasteiger partial charge in [-0.3, -0.25) is 4.79 Å². The van der Waals surface area contributed by atoms with Crippen LogP contribution in [0.3, 0.4) is 0 Å². The monoisotopic (exact) mass is 342 g/mol. The average molecular weight is 342 g/mol. The van der Waals surface area contributed by atoms with Crippen molar-refractivity contribution in [2.75, 3.05) is 18.4 Å². The number of fused-ring (bicyclic) bond motifs is 1. The fourth-order valence-electron chi connectivity index (χ4n) is 3.40. The molecule has 3 rings (SSSR count). The van der Waals surface area contributed by atoms with Crippen LogP contribution in [0, 0.1) is 0 Å². The molecule has 2 amide bonds. The van der Waals surface area contributed by atoms with Crippen molar-refractivity contribution < 1.29 is 14.3 Å². The Morgan fingerprint density at radius 3 is 2.60 bits per heavy atom. The van der Waals surface area contributed by atoms with E-state index in [-0.39, 0.29) is 12.0 Å². The molecule has 1 N–H and O–H groups in total. The van der Waals surface area contributed by atoms with Crippen LogP contribution >= 0.6 is 0 Å². The van der Waals surface area contributed by atoms with Gasteiger partial charge < -0.3 is 15.0 Å². The number of amides is 2. The van der Waals surface area contributed by atoms with Crippen molar-refractivity contribution in [2.24, 2.45) is 0 Å². The minimum atomic E-state index is -0.547. The predicted octanol–water partition coefficient (Wildman–Crippen LogP) is 3.94. The first kappa shape index (κ1) is 17.5. The third-order valence-corrected chi connectivity index (χ3v) is 4.71. The van der Waals surface area contributed by atoms with Gasteiger partial charge in [0.1, 0.15) is 5.60 Å². The van der Waals surface area contributed by atoms with Crippen molar-refractivity contribution in [3.05, 3.63) is 35.4 Å². The lowest BCUT2D eigenvalue weighted by atomic mass is 9.80. The second-order valence-corrected chi connectivity index (χ2v) is 8.21. The van der Waals surface area contributed by atoms with E-state index in [1.165, 1.54) is 5.57 Å². The Balaban J connectivity index is 1.84. The molecule has 5 nitrogen and oxygen atoms in total. The molecule has 0 atom stereocenters. The van der Waals surface area contributed by atoms with Crippen LogP contribution in [0.4, 0.5) is 10.5 Å². The summed E-state index contributed by atoms with van der Waals surface area (Å²) in [5.74, 6) is 0.0294. The number of anilines is 1. The minimum Gasteiger partial charge on any atom is -0.444 e. The van der Waals surface area contributed by atoms with Crippen molar-refractivity contribution in [3.63, 3.8) is 0 Å². The van der Waals surface area contributed by atoms with Crippen molar-refractivity contribution in [2.45, 2.75) is 52.1 Å². The quantitative estimate of drug-likeness (QED) is 0.841. The SMILES string of the molecule is CC(C)(C)OC(=O)N1CC=C(c2cccc3c2C(C)(C)C(=O)N3)CC1. The molecule has 2 heterocycles. The number of benzene rings is 1. The smallest absolute Gasteiger partial charge is 0.410 e. The molecule has 0 spiro atoms. The van der Waals surface area contributed by atoms with Gasteiger partial charge in [0.2, 0.25) is 5.91 Å². The normalized spacial score (nSPS) is 19.2. The van der Waals surface area contributed by atoms with E-state index >= 15 is 0 Å². The van der Waals surface area contributed by atoms with Gasteiger partial charge in [-0.05, 0) is 63.8 Å². The van der Waals surface area contributed by atoms with E-state index in [0.29, 0.717) is 13.1 Å². The van der Waals surface area contributed by atoms with Crippen LogP contribution in [-0.2, 0) is 14.9 Å². The highest BCUT2D eigenvalue weighted by molar-refractivity contribution is 6.07. The third-order valence-electron chi connectivity index (χ3n) is 4.71. The molecular weight excluding hydrogens is 316 g/mol. The van der Waals surface area contributed by atoms with E-state index in [0.717, 1.165) is 23.2 Å². The molecule has 1 aromatic carbocycles. The lowest BCUT2D eigenvalue weighted by Crippen LogP contribution is -2.39. The third kappa shape index (κ3) is 3.28. The van der Waals surface area contributed by atoms with Crippen LogP contribution < -0.4 is 5.32 Å². The second-order valence-electron chi connectivity index (χ2n) is 8.21. The maximum absolute atomic E-state index is 12.3. The standard InChI is InChI=1S/C20H26N2O3/c1-19(2,3)25-18(24)22-11-9-13(10-12-22)14-7-6-8-15-16(14)20(4,5)17(23)21-15/h6-9H,10-12H2,1-5H3,(H,21,23). The Hall–Kier alpha value is -2.30. The van der Waals surface area contributed by atoms with Gasteiger partial charge in [-0.25, -0.2) is 4.79 Å². The number of hydrogen-bond acceptors (Lipinski definition) is 3. The van der Waals surface area contributed by atoms with E-state index in [4.69, 9.17) is 4.74 Å². The molecule has 134 valence electrons. The van der Waals surface area contributed by atoms with Gasteiger partial charge in [-0.2, -0.15) is 0 Å². The number of nitrogens with zero attached hydrogens (tertiary/aromatic N) is 1. The first-order valence-electron chi connectivity index (χ1n) is 8.72. The lowest BCUT2D eigenvalue weighted by molar-refractivity contribution is -0.119. The van der Waals surface area contributed by atoms with Crippen LogP contribution in [0.5, 0.6) is 0 Å². The lowest BCUT2D eigenvalue weighted by Gasteiger charge is -2.30. The zero-order valence-corrected chi connectivity index (χ0v) is 15.6. The largest absolute Gasteiger partial charge is 0.444 e. The Bertz CT molecular complexity index is 757. The fourth-order valence-corrected chi connectivity index (χ4v) is 3.40. The number of rotatable bonds is 1. The number of carbonyl (C=O) groups is 2. The van der Waals surface area contributed by atoms with Crippen molar-refractivity contribution in [1.82, 2.24) is 4.90 Å². The van der Waals surface area contributed by atoms with Crippen LogP contribution in [-0.4, -0.2) is 35.6 Å². The molecule has 25 heavy (non-hydrogen) atoms. The molecule has 0 fully saturated rings. The average Bonchev–Trinajstić information content (AvgIpc) is 2.76. The summed E-state index contributed by atoms with van der Waals surface area (Å²) in [6.07, 6.45) is 2.54. The summed E-state index contributed by atoms with van der Waals surface area (Å²) in [6, 6.07) is 5.98. The molecule has 0 bridgehead atoms. The molecule has 5 heteroatoms. The minimum absolute atomic E-state index is 0.0294. The van der Waals surface area contributed by atoms with Crippen LogP contribution in [0.2, 0.25) is 0 Å².